The molecular weight excluding hydrogens is 1180 g/mol. The second kappa shape index (κ2) is 22.4. The molecule has 0 aliphatic heterocycles. The molecule has 6 heteroatoms. The summed E-state index contributed by atoms with van der Waals surface area (Å²) in [7, 11) is -2.69. The van der Waals surface area contributed by atoms with Crippen LogP contribution < -0.4 is 20.7 Å². The zero-order valence-electron chi connectivity index (χ0n) is 52.5. The van der Waals surface area contributed by atoms with E-state index < -0.39 is 8.07 Å². The third kappa shape index (κ3) is 8.42. The zero-order chi connectivity index (χ0) is 63.3. The predicted molar refractivity (Wildman–Crippen MR) is 408 cm³/mol. The number of benzene rings is 15. The molecule has 0 aliphatic rings. The average molecular weight is 1240 g/mol. The topological polar surface area (TPSA) is 24.6 Å². The van der Waals surface area contributed by atoms with Gasteiger partial charge < -0.3 is 22.8 Å². The summed E-state index contributed by atoms with van der Waals surface area (Å²) < 4.78 is 12.1. The number of rotatable bonds is 9. The Morgan fingerprint density at radius 3 is 0.698 bits per heavy atom. The highest BCUT2D eigenvalue weighted by molar-refractivity contribution is 7.20. The molecule has 0 unspecified atom stereocenters. The minimum absolute atomic E-state index is 1.15. The van der Waals surface area contributed by atoms with Crippen molar-refractivity contribution >= 4 is 138 Å². The van der Waals surface area contributed by atoms with E-state index in [4.69, 9.17) is 0 Å². The van der Waals surface area contributed by atoms with Gasteiger partial charge in [-0.15, -0.1) is 0 Å². The second-order valence-electron chi connectivity index (χ2n) is 25.1. The minimum atomic E-state index is -2.69. The highest BCUT2D eigenvalue weighted by Crippen LogP contribution is 2.42. The fraction of sp³-hybridized carbons (Fsp3) is 0. The molecule has 0 saturated carbocycles. The van der Waals surface area contributed by atoms with Gasteiger partial charge in [0.2, 0.25) is 0 Å². The largest absolute Gasteiger partial charge is 0.309 e. The van der Waals surface area contributed by atoms with Crippen LogP contribution in [0.1, 0.15) is 0 Å². The van der Waals surface area contributed by atoms with Crippen molar-refractivity contribution in [3.63, 3.8) is 0 Å². The fourth-order valence-electron chi connectivity index (χ4n) is 16.1. The van der Waals surface area contributed by atoms with Crippen molar-refractivity contribution in [2.75, 3.05) is 0 Å². The predicted octanol–water partition coefficient (Wildman–Crippen LogP) is 20.2. The molecule has 96 heavy (non-hydrogen) atoms. The lowest BCUT2D eigenvalue weighted by Crippen LogP contribution is -2.74. The van der Waals surface area contributed by atoms with Gasteiger partial charge in [-0.1, -0.05) is 261 Å². The average Bonchev–Trinajstić information content (AvgIpc) is 1.44. The Morgan fingerprint density at radius 1 is 0.146 bits per heavy atom. The van der Waals surface area contributed by atoms with Crippen LogP contribution in [0.4, 0.5) is 0 Å². The summed E-state index contributed by atoms with van der Waals surface area (Å²) in [4.78, 5) is 0. The molecule has 20 aromatic rings. The molecule has 0 N–H and O–H groups in total. The summed E-state index contributed by atoms with van der Waals surface area (Å²) in [5, 5.41) is 18.1. The first-order valence-corrected chi connectivity index (χ1v) is 35.1. The van der Waals surface area contributed by atoms with Gasteiger partial charge in [0.25, 0.3) is 0 Å². The summed E-state index contributed by atoms with van der Waals surface area (Å²) >= 11 is 0. The molecule has 15 aromatic carbocycles. The number of hydrogen-bond acceptors (Lipinski definition) is 0. The van der Waals surface area contributed by atoms with E-state index in [2.05, 4.69) is 393 Å². The maximum atomic E-state index is 2.46. The van der Waals surface area contributed by atoms with Crippen molar-refractivity contribution in [2.45, 2.75) is 0 Å². The highest BCUT2D eigenvalue weighted by Gasteiger charge is 2.41. The van der Waals surface area contributed by atoms with Crippen molar-refractivity contribution in [1.82, 2.24) is 22.8 Å². The number of para-hydroxylation sites is 10. The molecule has 0 radical (unpaired) electrons. The molecule has 0 bridgehead atoms. The van der Waals surface area contributed by atoms with Crippen LogP contribution >= 0.6 is 0 Å². The lowest BCUT2D eigenvalue weighted by atomic mass is 10.1. The number of aromatic nitrogens is 5. The molecule has 0 saturated heterocycles. The van der Waals surface area contributed by atoms with Crippen molar-refractivity contribution in [2.24, 2.45) is 0 Å². The van der Waals surface area contributed by atoms with Crippen molar-refractivity contribution < 1.29 is 0 Å². The van der Waals surface area contributed by atoms with Crippen molar-refractivity contribution in [3.05, 3.63) is 370 Å². The van der Waals surface area contributed by atoms with Crippen LogP contribution in [-0.2, 0) is 0 Å². The van der Waals surface area contributed by atoms with E-state index in [-0.39, 0.29) is 0 Å². The van der Waals surface area contributed by atoms with Crippen LogP contribution in [0.2, 0.25) is 0 Å². The summed E-state index contributed by atoms with van der Waals surface area (Å²) in [6, 6.07) is 136. The first-order chi connectivity index (χ1) is 47.7. The van der Waals surface area contributed by atoms with E-state index in [9.17, 15) is 0 Å². The Labute approximate surface area is 555 Å². The molecule has 20 rings (SSSR count). The van der Waals surface area contributed by atoms with E-state index in [1.807, 2.05) is 0 Å². The fourth-order valence-corrected chi connectivity index (χ4v) is 20.9. The monoisotopic (exact) mass is 1240 g/mol. The first kappa shape index (κ1) is 55.2. The molecular formula is C90H61N5Si. The Balaban J connectivity index is 0.000000136. The van der Waals surface area contributed by atoms with E-state index in [0.29, 0.717) is 0 Å². The maximum Gasteiger partial charge on any atom is 0.179 e. The lowest BCUT2D eigenvalue weighted by molar-refractivity contribution is 1.09. The van der Waals surface area contributed by atoms with E-state index in [1.54, 1.807) is 0 Å². The molecule has 0 amide bonds. The Bertz CT molecular complexity index is 6150. The van der Waals surface area contributed by atoms with Crippen LogP contribution in [-0.4, -0.2) is 30.9 Å². The third-order valence-corrected chi connectivity index (χ3v) is 24.9. The van der Waals surface area contributed by atoms with Gasteiger partial charge >= 0.3 is 0 Å². The zero-order valence-corrected chi connectivity index (χ0v) is 53.5. The molecule has 0 atom stereocenters. The summed E-state index contributed by atoms with van der Waals surface area (Å²) in [5.41, 5.74) is 17.9. The van der Waals surface area contributed by atoms with Gasteiger partial charge in [0.05, 0.1) is 66.5 Å². The van der Waals surface area contributed by atoms with Crippen LogP contribution in [0.25, 0.3) is 137 Å². The van der Waals surface area contributed by atoms with Crippen LogP contribution in [0.5, 0.6) is 0 Å². The molecule has 0 spiro atoms. The van der Waals surface area contributed by atoms with Crippen LogP contribution in [0, 0.1) is 0 Å². The summed E-state index contributed by atoms with van der Waals surface area (Å²) in [6.45, 7) is 0. The van der Waals surface area contributed by atoms with Crippen molar-refractivity contribution in [1.29, 1.82) is 0 Å². The third-order valence-electron chi connectivity index (χ3n) is 20.1. The maximum absolute atomic E-state index is 2.69. The second-order valence-corrected chi connectivity index (χ2v) is 28.9. The van der Waals surface area contributed by atoms with Crippen molar-refractivity contribution in [3.8, 4) is 28.4 Å². The highest BCUT2D eigenvalue weighted by atomic mass is 28.3. The van der Waals surface area contributed by atoms with Gasteiger partial charge in [-0.2, -0.15) is 0 Å². The standard InChI is InChI=1S/C48H34N2Si.C42H27N3/c1-4-18-37(19-5-1)51(38-20-6-2-7-21-38,39-22-8-3-9-23-39)40-24-16-17-35(33-40)49-47-30-15-12-27-43(47)44-34-36(31-32-48(44)49)50-45-28-13-10-25-41(45)42-26-11-14-29-46(42)50;1-6-18-35-29(13-1)30-14-2-7-19-36(30)43(35)28-25-26-40-34(27-28)33-17-5-10-22-39(33)45(40)42-24-12-11-23-41(42)44-37-20-8-3-15-31(37)32-16-4-9-21-38(32)44/h1-34H;1-27H. The number of hydrogen-bond donors (Lipinski definition) is 0. The SMILES string of the molecule is c1ccc(-n2c3ccccc3c3cc(-n4c5ccccc5c5ccccc54)ccc32)c(-n2c3ccccc3c3ccccc32)c1.c1ccc([Si](c2ccccc2)(c2ccccc2)c2cccc(-n3c4ccccc4c4cc(-n5c6ccccc6c6ccccc65)ccc43)c2)cc1. The van der Waals surface area contributed by atoms with Gasteiger partial charge in [-0.25, -0.2) is 0 Å². The normalized spacial score (nSPS) is 12.0. The van der Waals surface area contributed by atoms with Gasteiger partial charge in [0.1, 0.15) is 0 Å². The van der Waals surface area contributed by atoms with E-state index in [1.165, 1.54) is 147 Å². The first-order valence-electron chi connectivity index (χ1n) is 33.1. The Kier molecular flexibility index (Phi) is 12.9. The van der Waals surface area contributed by atoms with Gasteiger partial charge in [-0.3, -0.25) is 0 Å². The van der Waals surface area contributed by atoms with Gasteiger partial charge in [0, 0.05) is 70.9 Å². The molecule has 450 valence electrons. The quantitative estimate of drug-likeness (QED) is 0.102. The molecule has 5 nitrogen and oxygen atoms in total. The minimum Gasteiger partial charge on any atom is -0.309 e. The summed E-state index contributed by atoms with van der Waals surface area (Å²) in [5.74, 6) is 0. The smallest absolute Gasteiger partial charge is 0.179 e. The molecule has 5 heterocycles. The number of nitrogens with zero attached hydrogens (tertiary/aromatic N) is 5. The number of fused-ring (bicyclic) bond motifs is 15. The van der Waals surface area contributed by atoms with Gasteiger partial charge in [0.15, 0.2) is 8.07 Å². The molecule has 0 fully saturated rings. The summed E-state index contributed by atoms with van der Waals surface area (Å²) in [6.07, 6.45) is 0. The molecule has 5 aromatic heterocycles. The van der Waals surface area contributed by atoms with Gasteiger partial charge in [-0.05, 0) is 130 Å². The van der Waals surface area contributed by atoms with E-state index >= 15 is 0 Å². The van der Waals surface area contributed by atoms with Crippen LogP contribution in [0.3, 0.4) is 0 Å². The van der Waals surface area contributed by atoms with E-state index in [0.717, 1.165) is 11.4 Å². The van der Waals surface area contributed by atoms with Crippen LogP contribution in [0.15, 0.2) is 370 Å². The molecule has 0 aliphatic carbocycles. The Morgan fingerprint density at radius 2 is 0.375 bits per heavy atom. The Hall–Kier alpha value is -12.5. The lowest BCUT2D eigenvalue weighted by Gasteiger charge is -2.34.